The van der Waals surface area contributed by atoms with Crippen LogP contribution in [0.4, 0.5) is 0 Å². The van der Waals surface area contributed by atoms with Gasteiger partial charge in [-0.1, -0.05) is 39.0 Å². The van der Waals surface area contributed by atoms with Crippen molar-refractivity contribution >= 4 is 33.3 Å². The van der Waals surface area contributed by atoms with Crippen LogP contribution in [0.25, 0.3) is 10.1 Å². The number of thiophene rings is 1. The molecule has 1 amide bonds. The molecule has 0 fully saturated rings. The van der Waals surface area contributed by atoms with Gasteiger partial charge in [0.2, 0.25) is 0 Å². The van der Waals surface area contributed by atoms with Crippen LogP contribution in [0.5, 0.6) is 0 Å². The fourth-order valence-electron chi connectivity index (χ4n) is 1.94. The number of carbonyl (C=O) groups excluding carboxylic acids is 1. The molecule has 1 heterocycles. The maximum atomic E-state index is 12.2. The second-order valence-electron chi connectivity index (χ2n) is 5.76. The van der Waals surface area contributed by atoms with Crippen molar-refractivity contribution in [1.82, 2.24) is 5.32 Å². The van der Waals surface area contributed by atoms with E-state index < -0.39 is 17.4 Å². The van der Waals surface area contributed by atoms with Crippen LogP contribution in [0.3, 0.4) is 0 Å². The predicted octanol–water partition coefficient (Wildman–Crippen LogP) is 3.13. The Morgan fingerprint density at radius 2 is 1.90 bits per heavy atom. The fourth-order valence-corrected chi connectivity index (χ4v) is 2.91. The molecule has 106 valence electrons. The molecule has 2 N–H and O–H groups in total. The Hall–Kier alpha value is -1.88. The molecular formula is C15H17NO3S. The lowest BCUT2D eigenvalue weighted by atomic mass is 9.87. The Labute approximate surface area is 121 Å². The van der Waals surface area contributed by atoms with Gasteiger partial charge in [-0.15, -0.1) is 11.3 Å². The molecule has 1 atom stereocenters. The Bertz CT molecular complexity index is 621. The third-order valence-electron chi connectivity index (χ3n) is 3.04. The number of hydrogen-bond acceptors (Lipinski definition) is 3. The normalized spacial score (nSPS) is 13.2. The quantitative estimate of drug-likeness (QED) is 0.913. The molecular weight excluding hydrogens is 274 g/mol. The van der Waals surface area contributed by atoms with Gasteiger partial charge >= 0.3 is 5.97 Å². The summed E-state index contributed by atoms with van der Waals surface area (Å²) < 4.78 is 1.01. The molecule has 20 heavy (non-hydrogen) atoms. The van der Waals surface area contributed by atoms with Gasteiger partial charge in [-0.2, -0.15) is 0 Å². The lowest BCUT2D eigenvalue weighted by Gasteiger charge is -2.27. The van der Waals surface area contributed by atoms with Crippen LogP contribution >= 0.6 is 11.3 Å². The highest BCUT2D eigenvalue weighted by Gasteiger charge is 2.33. The number of hydrogen-bond donors (Lipinski definition) is 2. The van der Waals surface area contributed by atoms with Crippen molar-refractivity contribution in [3.8, 4) is 0 Å². The third kappa shape index (κ3) is 2.99. The second-order valence-corrected chi connectivity index (χ2v) is 6.84. The van der Waals surface area contributed by atoms with Crippen LogP contribution in [0.1, 0.15) is 30.4 Å². The number of carboxylic acid groups (broad SMARTS) is 1. The number of amides is 1. The molecule has 1 unspecified atom stereocenters. The van der Waals surface area contributed by atoms with Crippen molar-refractivity contribution in [2.24, 2.45) is 5.41 Å². The Balaban J connectivity index is 2.24. The molecule has 0 saturated carbocycles. The first-order valence-corrected chi connectivity index (χ1v) is 7.13. The lowest BCUT2D eigenvalue weighted by molar-refractivity contribution is -0.142. The summed E-state index contributed by atoms with van der Waals surface area (Å²) in [5.41, 5.74) is -0.543. The van der Waals surface area contributed by atoms with Gasteiger partial charge < -0.3 is 10.4 Å². The monoisotopic (exact) mass is 291 g/mol. The average Bonchev–Trinajstić information content (AvgIpc) is 2.77. The molecule has 2 rings (SSSR count). The predicted molar refractivity (Wildman–Crippen MR) is 80.2 cm³/mol. The highest BCUT2D eigenvalue weighted by atomic mass is 32.1. The first kappa shape index (κ1) is 14.5. The number of fused-ring (bicyclic) bond motifs is 1. The maximum absolute atomic E-state index is 12.2. The topological polar surface area (TPSA) is 66.4 Å². The van der Waals surface area contributed by atoms with E-state index in [-0.39, 0.29) is 5.91 Å². The first-order valence-electron chi connectivity index (χ1n) is 6.31. The van der Waals surface area contributed by atoms with E-state index in [1.807, 2.05) is 24.3 Å². The van der Waals surface area contributed by atoms with Gasteiger partial charge in [0.1, 0.15) is 6.04 Å². The van der Waals surface area contributed by atoms with E-state index in [9.17, 15) is 14.7 Å². The van der Waals surface area contributed by atoms with Crippen molar-refractivity contribution in [1.29, 1.82) is 0 Å². The van der Waals surface area contributed by atoms with E-state index in [0.29, 0.717) is 4.88 Å². The Kier molecular flexibility index (Phi) is 3.81. The molecule has 0 aliphatic rings. The summed E-state index contributed by atoms with van der Waals surface area (Å²) in [6.07, 6.45) is 0. The highest BCUT2D eigenvalue weighted by Crippen LogP contribution is 2.26. The maximum Gasteiger partial charge on any atom is 0.326 e. The standard InChI is InChI=1S/C15H17NO3S/c1-15(2,3)12(14(18)19)16-13(17)11-8-9-6-4-5-7-10(9)20-11/h4-8,12H,1-3H3,(H,16,17)(H,18,19). The molecule has 5 heteroatoms. The van der Waals surface area contributed by atoms with Crippen LogP contribution in [0.15, 0.2) is 30.3 Å². The summed E-state index contributed by atoms with van der Waals surface area (Å²) in [4.78, 5) is 24.0. The number of carbonyl (C=O) groups is 2. The van der Waals surface area contributed by atoms with Gasteiger partial charge in [-0.3, -0.25) is 4.79 Å². The average molecular weight is 291 g/mol. The molecule has 2 aromatic rings. The summed E-state index contributed by atoms with van der Waals surface area (Å²) in [5, 5.41) is 12.8. The van der Waals surface area contributed by atoms with Gasteiger partial charge in [-0.25, -0.2) is 4.79 Å². The fraction of sp³-hybridized carbons (Fsp3) is 0.333. The number of nitrogens with one attached hydrogen (secondary N) is 1. The molecule has 0 spiro atoms. The second kappa shape index (κ2) is 5.25. The SMILES string of the molecule is CC(C)(C)C(NC(=O)c1cc2ccccc2s1)C(=O)O. The van der Waals surface area contributed by atoms with E-state index in [2.05, 4.69) is 5.32 Å². The van der Waals surface area contributed by atoms with Gasteiger partial charge in [-0.05, 0) is 22.9 Å². The number of carboxylic acids is 1. The van der Waals surface area contributed by atoms with Gasteiger partial charge in [0.25, 0.3) is 5.91 Å². The van der Waals surface area contributed by atoms with Crippen LogP contribution in [0.2, 0.25) is 0 Å². The smallest absolute Gasteiger partial charge is 0.326 e. The molecule has 4 nitrogen and oxygen atoms in total. The number of aliphatic carboxylic acids is 1. The third-order valence-corrected chi connectivity index (χ3v) is 4.15. The van der Waals surface area contributed by atoms with E-state index in [0.717, 1.165) is 10.1 Å². The van der Waals surface area contributed by atoms with Crippen LogP contribution in [0, 0.1) is 5.41 Å². The van der Waals surface area contributed by atoms with Crippen LogP contribution < -0.4 is 5.32 Å². The molecule has 1 aromatic heterocycles. The van der Waals surface area contributed by atoms with Crippen molar-refractivity contribution in [2.75, 3.05) is 0 Å². The number of benzene rings is 1. The van der Waals surface area contributed by atoms with Crippen molar-refractivity contribution in [2.45, 2.75) is 26.8 Å². The van der Waals surface area contributed by atoms with Crippen molar-refractivity contribution < 1.29 is 14.7 Å². The summed E-state index contributed by atoms with van der Waals surface area (Å²) in [6.45, 7) is 5.37. The zero-order valence-corrected chi connectivity index (χ0v) is 12.5. The molecule has 1 aromatic carbocycles. The highest BCUT2D eigenvalue weighted by molar-refractivity contribution is 7.20. The minimum Gasteiger partial charge on any atom is -0.480 e. The van der Waals surface area contributed by atoms with Crippen molar-refractivity contribution in [3.63, 3.8) is 0 Å². The summed E-state index contributed by atoms with van der Waals surface area (Å²) in [6, 6.07) is 8.56. The van der Waals surface area contributed by atoms with E-state index in [4.69, 9.17) is 0 Å². The van der Waals surface area contributed by atoms with E-state index in [1.54, 1.807) is 26.8 Å². The van der Waals surface area contributed by atoms with Crippen molar-refractivity contribution in [3.05, 3.63) is 35.2 Å². The zero-order valence-electron chi connectivity index (χ0n) is 11.6. The summed E-state index contributed by atoms with van der Waals surface area (Å²) in [5.74, 6) is -1.36. The Morgan fingerprint density at radius 3 is 2.45 bits per heavy atom. The molecule has 0 saturated heterocycles. The van der Waals surface area contributed by atoms with Gasteiger partial charge in [0.15, 0.2) is 0 Å². The van der Waals surface area contributed by atoms with Crippen LogP contribution in [-0.4, -0.2) is 23.0 Å². The largest absolute Gasteiger partial charge is 0.480 e. The van der Waals surface area contributed by atoms with Crippen LogP contribution in [-0.2, 0) is 4.79 Å². The number of rotatable bonds is 3. The van der Waals surface area contributed by atoms with Gasteiger partial charge in [0, 0.05) is 4.70 Å². The molecule has 0 aliphatic heterocycles. The minimum absolute atomic E-state index is 0.339. The summed E-state index contributed by atoms with van der Waals surface area (Å²) >= 11 is 1.36. The van der Waals surface area contributed by atoms with Gasteiger partial charge in [0.05, 0.1) is 4.88 Å². The van der Waals surface area contributed by atoms with E-state index >= 15 is 0 Å². The first-order chi connectivity index (χ1) is 9.29. The van der Waals surface area contributed by atoms with E-state index in [1.165, 1.54) is 11.3 Å². The molecule has 0 bridgehead atoms. The zero-order chi connectivity index (χ0) is 14.9. The minimum atomic E-state index is -1.02. The molecule has 0 aliphatic carbocycles. The summed E-state index contributed by atoms with van der Waals surface area (Å²) in [7, 11) is 0. The molecule has 0 radical (unpaired) electrons. The Morgan fingerprint density at radius 1 is 1.25 bits per heavy atom. The lowest BCUT2D eigenvalue weighted by Crippen LogP contribution is -2.48.